The first-order valence-corrected chi connectivity index (χ1v) is 18.7. The molecular weight excluding hydrogens is 679 g/mol. The first-order chi connectivity index (χ1) is 24.7. The molecule has 2 aliphatic rings. The molecule has 2 aromatic carbocycles. The summed E-state index contributed by atoms with van der Waals surface area (Å²) in [4.78, 5) is 53.9. The topological polar surface area (TPSA) is 152 Å². The van der Waals surface area contributed by atoms with Crippen molar-refractivity contribution in [1.29, 1.82) is 0 Å². The smallest absolute Gasteiger partial charge is 0.254 e. The second kappa shape index (κ2) is 15.1. The number of carbonyl (C=O) groups is 3. The third-order valence-electron chi connectivity index (χ3n) is 9.80. The third-order valence-corrected chi connectivity index (χ3v) is 10.7. The number of likely N-dealkylation sites (tertiary alicyclic amines) is 1. The lowest BCUT2D eigenvalue weighted by atomic mass is 9.85. The molecule has 4 heterocycles. The second-order valence-corrected chi connectivity index (χ2v) is 15.8. The van der Waals surface area contributed by atoms with Crippen LogP contribution in [-0.2, 0) is 9.59 Å². The van der Waals surface area contributed by atoms with Crippen molar-refractivity contribution in [2.45, 2.75) is 72.1 Å². The molecule has 6 rings (SSSR count). The Morgan fingerprint density at radius 1 is 1.06 bits per heavy atom. The average molecular weight is 728 g/mol. The van der Waals surface area contributed by atoms with E-state index in [1.807, 2.05) is 68.3 Å². The number of nitrogens with two attached hydrogens (primary N) is 1. The summed E-state index contributed by atoms with van der Waals surface area (Å²) in [7, 11) is 1.63. The molecule has 12 nitrogen and oxygen atoms in total. The number of nitrogens with zero attached hydrogens (tertiary/aromatic N) is 4. The van der Waals surface area contributed by atoms with Crippen LogP contribution < -0.4 is 25.8 Å². The molecule has 0 aliphatic carbocycles. The molecule has 2 aromatic heterocycles. The number of amides is 3. The number of thiazole rings is 1. The number of nitrogens with one attached hydrogen (secondary N) is 2. The van der Waals surface area contributed by atoms with Crippen LogP contribution in [0.15, 0.2) is 47.8 Å². The lowest BCUT2D eigenvalue weighted by molar-refractivity contribution is -0.139. The molecule has 3 amide bonds. The number of aromatic nitrogens is 2. The number of carbonyl (C=O) groups excluding carboxylic acids is 3. The molecule has 276 valence electrons. The zero-order valence-corrected chi connectivity index (χ0v) is 31.8. The van der Waals surface area contributed by atoms with Gasteiger partial charge in [-0.3, -0.25) is 14.4 Å². The van der Waals surface area contributed by atoms with Gasteiger partial charge >= 0.3 is 0 Å². The van der Waals surface area contributed by atoms with Crippen molar-refractivity contribution >= 4 is 45.6 Å². The summed E-state index contributed by atoms with van der Waals surface area (Å²) < 4.78 is 12.3. The largest absolute Gasteiger partial charge is 0.496 e. The number of anilines is 1. The van der Waals surface area contributed by atoms with Crippen LogP contribution >= 0.6 is 11.3 Å². The fraction of sp³-hybridized carbons (Fsp3) is 0.462. The molecule has 0 bridgehead atoms. The van der Waals surface area contributed by atoms with E-state index >= 15 is 0 Å². The maximum absolute atomic E-state index is 14.5. The Balaban J connectivity index is 1.28. The highest BCUT2D eigenvalue weighted by Crippen LogP contribution is 2.38. The molecule has 0 saturated carbocycles. The summed E-state index contributed by atoms with van der Waals surface area (Å²) in [5, 5.41) is 10.3. The Hall–Kier alpha value is -4.75. The maximum atomic E-state index is 14.5. The van der Waals surface area contributed by atoms with Crippen molar-refractivity contribution in [1.82, 2.24) is 25.1 Å². The van der Waals surface area contributed by atoms with Crippen LogP contribution in [0.1, 0.15) is 68.6 Å². The first-order valence-electron chi connectivity index (χ1n) is 17.8. The normalized spacial score (nSPS) is 18.5. The van der Waals surface area contributed by atoms with Crippen molar-refractivity contribution in [3.05, 3.63) is 64.7 Å². The van der Waals surface area contributed by atoms with Crippen molar-refractivity contribution in [3.8, 4) is 22.2 Å². The number of primary amides is 1. The predicted octanol–water partition coefficient (Wildman–Crippen LogP) is 5.20. The van der Waals surface area contributed by atoms with Crippen LogP contribution in [0.2, 0.25) is 0 Å². The molecule has 2 saturated heterocycles. The summed E-state index contributed by atoms with van der Waals surface area (Å²) in [6.45, 7) is 15.0. The molecular formula is C39H49N7O5S. The van der Waals surface area contributed by atoms with E-state index in [9.17, 15) is 14.4 Å². The lowest BCUT2D eigenvalue weighted by Gasteiger charge is -2.35. The molecule has 13 heteroatoms. The number of methoxy groups -OCH3 is 1. The van der Waals surface area contributed by atoms with Crippen LogP contribution in [0.5, 0.6) is 11.5 Å². The summed E-state index contributed by atoms with van der Waals surface area (Å²) in [5.74, 6) is 0.632. The van der Waals surface area contributed by atoms with Crippen molar-refractivity contribution in [3.63, 3.8) is 0 Å². The van der Waals surface area contributed by atoms with Gasteiger partial charge in [-0.1, -0.05) is 40.7 Å². The highest BCUT2D eigenvalue weighted by atomic mass is 32.1. The Morgan fingerprint density at radius 2 is 1.81 bits per heavy atom. The van der Waals surface area contributed by atoms with E-state index in [0.29, 0.717) is 41.5 Å². The van der Waals surface area contributed by atoms with Gasteiger partial charge in [0.1, 0.15) is 40.4 Å². The van der Waals surface area contributed by atoms with Crippen molar-refractivity contribution in [2.75, 3.05) is 45.2 Å². The number of fused-ring (bicyclic) bond motifs is 1. The number of ether oxygens (including phenoxy) is 2. The monoisotopic (exact) mass is 727 g/mol. The van der Waals surface area contributed by atoms with Crippen LogP contribution in [0.3, 0.4) is 0 Å². The van der Waals surface area contributed by atoms with Gasteiger partial charge in [0, 0.05) is 66.2 Å². The van der Waals surface area contributed by atoms with Crippen molar-refractivity contribution < 1.29 is 23.9 Å². The number of piperazine rings is 1. The van der Waals surface area contributed by atoms with Crippen LogP contribution in [-0.4, -0.2) is 95.5 Å². The first kappa shape index (κ1) is 37.0. The van der Waals surface area contributed by atoms with Gasteiger partial charge in [-0.05, 0) is 48.6 Å². The second-order valence-electron chi connectivity index (χ2n) is 15.0. The zero-order chi connectivity index (χ0) is 37.3. The molecule has 2 fully saturated rings. The minimum atomic E-state index is -0.869. The van der Waals surface area contributed by atoms with Gasteiger partial charge in [-0.15, -0.1) is 11.3 Å². The summed E-state index contributed by atoms with van der Waals surface area (Å²) in [6, 6.07) is 11.3. The van der Waals surface area contributed by atoms with Gasteiger partial charge in [0.15, 0.2) is 0 Å². The van der Waals surface area contributed by atoms with E-state index in [-0.39, 0.29) is 30.7 Å². The number of benzene rings is 2. The van der Waals surface area contributed by atoms with Gasteiger partial charge in [-0.25, -0.2) is 9.97 Å². The summed E-state index contributed by atoms with van der Waals surface area (Å²) >= 11 is 1.53. The Bertz CT molecular complexity index is 1970. The average Bonchev–Trinajstić information content (AvgIpc) is 3.79. The van der Waals surface area contributed by atoms with Crippen LogP contribution in [0.25, 0.3) is 21.6 Å². The lowest BCUT2D eigenvalue weighted by Crippen LogP contribution is -2.53. The molecule has 2 aliphatic heterocycles. The molecule has 0 radical (unpaired) electrons. The molecule has 52 heavy (non-hydrogen) atoms. The summed E-state index contributed by atoms with van der Waals surface area (Å²) in [5.41, 5.74) is 9.82. The zero-order valence-electron chi connectivity index (χ0n) is 31.0. The maximum Gasteiger partial charge on any atom is 0.254 e. The van der Waals surface area contributed by atoms with E-state index in [4.69, 9.17) is 25.2 Å². The third kappa shape index (κ3) is 7.70. The van der Waals surface area contributed by atoms with Crippen LogP contribution in [0.4, 0.5) is 5.69 Å². The fourth-order valence-electron chi connectivity index (χ4n) is 6.83. The van der Waals surface area contributed by atoms with E-state index in [0.717, 1.165) is 40.3 Å². The molecule has 4 aromatic rings. The standard InChI is InChI=1S/C39H49N7O5S/c1-22(2)29-21-52-36(44-29)28-19-32(27-11-12-31(50-7)23(3)33(27)43-28)51-26-18-30(35(40)47)46(20-26)38(49)34(39(4,5)6)42-25-10-8-9-24(17-25)37(48)45-15-13-41-14-16-45/h8-12,17,19,21-22,26,30,34,41-42H,13-16,18,20H2,1-7H3,(H2,40,47). The Kier molecular flexibility index (Phi) is 10.7. The van der Waals surface area contributed by atoms with Gasteiger partial charge < -0.3 is 35.6 Å². The quantitative estimate of drug-likeness (QED) is 0.200. The minimum Gasteiger partial charge on any atom is -0.496 e. The van der Waals surface area contributed by atoms with Crippen LogP contribution in [0, 0.1) is 12.3 Å². The number of hydrogen-bond donors (Lipinski definition) is 3. The molecule has 4 N–H and O–H groups in total. The van der Waals surface area contributed by atoms with E-state index in [1.165, 1.54) is 11.3 Å². The Labute approximate surface area is 309 Å². The number of rotatable bonds is 10. The number of pyridine rings is 1. The van der Waals surface area contributed by atoms with Gasteiger partial charge in [0.2, 0.25) is 11.8 Å². The Morgan fingerprint density at radius 3 is 2.46 bits per heavy atom. The summed E-state index contributed by atoms with van der Waals surface area (Å²) in [6.07, 6.45) is -0.291. The number of aryl methyl sites for hydroxylation is 1. The van der Waals surface area contributed by atoms with Gasteiger partial charge in [0.25, 0.3) is 5.91 Å². The molecule has 0 spiro atoms. The molecule has 3 atom stereocenters. The highest BCUT2D eigenvalue weighted by molar-refractivity contribution is 7.13. The highest BCUT2D eigenvalue weighted by Gasteiger charge is 2.45. The fourth-order valence-corrected chi connectivity index (χ4v) is 7.77. The van der Waals surface area contributed by atoms with Crippen molar-refractivity contribution in [2.24, 2.45) is 11.1 Å². The van der Waals surface area contributed by atoms with Gasteiger partial charge in [-0.2, -0.15) is 0 Å². The molecule has 3 unspecified atom stereocenters. The SMILES string of the molecule is COc1ccc2c(OC3CC(C(N)=O)N(C(=O)C(Nc4cccc(C(=O)N5CCNCC5)c4)C(C)(C)C)C3)cc(-c3nc(C(C)C)cs3)nc2c1C. The van der Waals surface area contributed by atoms with E-state index < -0.39 is 29.5 Å². The number of hydrogen-bond acceptors (Lipinski definition) is 10. The van der Waals surface area contributed by atoms with E-state index in [1.54, 1.807) is 24.1 Å². The predicted molar refractivity (Wildman–Crippen MR) is 204 cm³/mol. The van der Waals surface area contributed by atoms with E-state index in [2.05, 4.69) is 24.5 Å². The minimum absolute atomic E-state index is 0.0484. The van der Waals surface area contributed by atoms with Gasteiger partial charge in [0.05, 0.1) is 24.9 Å².